The molecule has 0 aromatic heterocycles. The fourth-order valence-corrected chi connectivity index (χ4v) is 2.31. The van der Waals surface area contributed by atoms with E-state index in [1.807, 2.05) is 68.5 Å². The highest BCUT2D eigenvalue weighted by molar-refractivity contribution is 5.23. The molecule has 2 aromatic carbocycles. The molecule has 0 heterocycles. The van der Waals surface area contributed by atoms with E-state index in [0.29, 0.717) is 0 Å². The SMILES string of the molecule is C=C/C=C(C)\C=C/C.C=C/C=C\C=C(/C)Cc1ccccc1.Cc1ccccc1. The van der Waals surface area contributed by atoms with Crippen molar-refractivity contribution < 1.29 is 0 Å². The fourth-order valence-electron chi connectivity index (χ4n) is 2.31. The maximum atomic E-state index is 3.63. The Morgan fingerprint density at radius 3 is 1.83 bits per heavy atom. The van der Waals surface area contributed by atoms with Gasteiger partial charge in [-0.1, -0.05) is 139 Å². The Hall–Kier alpha value is -3.12. The van der Waals surface area contributed by atoms with E-state index in [1.54, 1.807) is 12.2 Å². The molecule has 152 valence electrons. The van der Waals surface area contributed by atoms with E-state index in [0.717, 1.165) is 6.42 Å². The maximum Gasteiger partial charge on any atom is -0.00668 e. The lowest BCUT2D eigenvalue weighted by Crippen LogP contribution is -1.84. The van der Waals surface area contributed by atoms with Crippen molar-refractivity contribution in [2.24, 2.45) is 0 Å². The Morgan fingerprint density at radius 2 is 1.38 bits per heavy atom. The van der Waals surface area contributed by atoms with Crippen LogP contribution in [0.1, 0.15) is 31.9 Å². The molecule has 0 N–H and O–H groups in total. The van der Waals surface area contributed by atoms with Gasteiger partial charge in [0.2, 0.25) is 0 Å². The molecule has 2 aromatic rings. The van der Waals surface area contributed by atoms with Crippen molar-refractivity contribution >= 4 is 0 Å². The molecule has 0 spiro atoms. The minimum absolute atomic E-state index is 1.02. The zero-order valence-electron chi connectivity index (χ0n) is 18.5. The highest BCUT2D eigenvalue weighted by atomic mass is 14.0. The van der Waals surface area contributed by atoms with Crippen LogP contribution in [0.15, 0.2) is 134 Å². The second-order valence-corrected chi connectivity index (χ2v) is 6.60. The first-order valence-electron chi connectivity index (χ1n) is 9.96. The highest BCUT2D eigenvalue weighted by Crippen LogP contribution is 2.06. The lowest BCUT2D eigenvalue weighted by Gasteiger charge is -1.99. The molecule has 0 heteroatoms. The minimum atomic E-state index is 1.02. The predicted molar refractivity (Wildman–Crippen MR) is 133 cm³/mol. The smallest absolute Gasteiger partial charge is 0.00668 e. The van der Waals surface area contributed by atoms with Crippen molar-refractivity contribution in [3.05, 3.63) is 145 Å². The average Bonchev–Trinajstić information content (AvgIpc) is 2.71. The Kier molecular flexibility index (Phi) is 16.3. The van der Waals surface area contributed by atoms with E-state index < -0.39 is 0 Å². The van der Waals surface area contributed by atoms with Crippen LogP contribution in [0, 0.1) is 6.92 Å². The first kappa shape index (κ1) is 25.9. The van der Waals surface area contributed by atoms with Crippen LogP contribution < -0.4 is 0 Å². The summed E-state index contributed by atoms with van der Waals surface area (Å²) in [5.74, 6) is 0. The Labute approximate surface area is 179 Å². The molecular formula is C29H36. The van der Waals surface area contributed by atoms with Gasteiger partial charge in [0.15, 0.2) is 0 Å². The molecule has 0 saturated carbocycles. The number of allylic oxidation sites excluding steroid dienone is 10. The van der Waals surface area contributed by atoms with Crippen LogP contribution in [0.25, 0.3) is 0 Å². The second kappa shape index (κ2) is 18.3. The second-order valence-electron chi connectivity index (χ2n) is 6.60. The average molecular weight is 385 g/mol. The predicted octanol–water partition coefficient (Wildman–Crippen LogP) is 8.61. The van der Waals surface area contributed by atoms with Crippen LogP contribution in [-0.2, 0) is 6.42 Å². The van der Waals surface area contributed by atoms with Gasteiger partial charge in [-0.3, -0.25) is 0 Å². The summed E-state index contributed by atoms with van der Waals surface area (Å²) in [5.41, 5.74) is 5.27. The summed E-state index contributed by atoms with van der Waals surface area (Å²) in [5, 5.41) is 0. The molecule has 0 aliphatic rings. The Morgan fingerprint density at radius 1 is 0.793 bits per heavy atom. The van der Waals surface area contributed by atoms with Crippen molar-refractivity contribution in [2.75, 3.05) is 0 Å². The summed E-state index contributed by atoms with van der Waals surface area (Å²) in [7, 11) is 0. The van der Waals surface area contributed by atoms with Gasteiger partial charge in [0.1, 0.15) is 0 Å². The zero-order chi connectivity index (χ0) is 21.7. The normalized spacial score (nSPS) is 11.3. The lowest BCUT2D eigenvalue weighted by atomic mass is 10.1. The Bertz CT molecular complexity index is 784. The molecule has 0 aliphatic heterocycles. The van der Waals surface area contributed by atoms with Crippen molar-refractivity contribution in [1.82, 2.24) is 0 Å². The summed E-state index contributed by atoms with van der Waals surface area (Å²) < 4.78 is 0. The number of aryl methyl sites for hydroxylation is 1. The van der Waals surface area contributed by atoms with Gasteiger partial charge < -0.3 is 0 Å². The van der Waals surface area contributed by atoms with Gasteiger partial charge in [0.05, 0.1) is 0 Å². The van der Waals surface area contributed by atoms with Crippen molar-refractivity contribution in [3.8, 4) is 0 Å². The molecule has 0 fully saturated rings. The van der Waals surface area contributed by atoms with Gasteiger partial charge in [-0.2, -0.15) is 0 Å². The van der Waals surface area contributed by atoms with Gasteiger partial charge in [-0.05, 0) is 39.7 Å². The van der Waals surface area contributed by atoms with Gasteiger partial charge in [0.25, 0.3) is 0 Å². The van der Waals surface area contributed by atoms with Crippen LogP contribution in [0.5, 0.6) is 0 Å². The van der Waals surface area contributed by atoms with Gasteiger partial charge >= 0.3 is 0 Å². The van der Waals surface area contributed by atoms with Crippen LogP contribution in [0.4, 0.5) is 0 Å². The van der Waals surface area contributed by atoms with Crippen LogP contribution in [0.2, 0.25) is 0 Å². The van der Waals surface area contributed by atoms with Gasteiger partial charge in [-0.15, -0.1) is 0 Å². The number of hydrogen-bond acceptors (Lipinski definition) is 0. The van der Waals surface area contributed by atoms with Crippen LogP contribution in [-0.4, -0.2) is 0 Å². The number of rotatable bonds is 6. The summed E-state index contributed by atoms with van der Waals surface area (Å²) in [4.78, 5) is 0. The minimum Gasteiger partial charge on any atom is -0.0991 e. The summed E-state index contributed by atoms with van der Waals surface area (Å²) >= 11 is 0. The number of hydrogen-bond donors (Lipinski definition) is 0. The molecule has 0 radical (unpaired) electrons. The molecular weight excluding hydrogens is 348 g/mol. The van der Waals surface area contributed by atoms with Crippen LogP contribution in [0.3, 0.4) is 0 Å². The topological polar surface area (TPSA) is 0 Å². The third kappa shape index (κ3) is 16.8. The molecule has 29 heavy (non-hydrogen) atoms. The zero-order valence-corrected chi connectivity index (χ0v) is 18.5. The molecule has 0 aliphatic carbocycles. The van der Waals surface area contributed by atoms with Crippen LogP contribution >= 0.6 is 0 Å². The molecule has 0 bridgehead atoms. The summed E-state index contributed by atoms with van der Waals surface area (Å²) in [6.45, 7) is 15.5. The van der Waals surface area contributed by atoms with Crippen molar-refractivity contribution in [2.45, 2.75) is 34.1 Å². The fraction of sp³-hybridized carbons (Fsp3) is 0.172. The summed E-state index contributed by atoms with van der Waals surface area (Å²) in [6.07, 6.45) is 16.7. The quantitative estimate of drug-likeness (QED) is 0.437. The van der Waals surface area contributed by atoms with Gasteiger partial charge in [0, 0.05) is 0 Å². The molecule has 0 nitrogen and oxygen atoms in total. The van der Waals surface area contributed by atoms with E-state index >= 15 is 0 Å². The highest BCUT2D eigenvalue weighted by Gasteiger charge is 1.91. The standard InChI is InChI=1S/C14H16.C8H12.C7H8/c1-3-4-6-9-13(2)12-14-10-7-5-8-11-14;1-4-6-8(3)7-5-2;1-7-5-3-2-4-6-7/h3-11H,1,12H2,2H3;4-7H,1H2,2-3H3;2-6H,1H3/b6-4-,13-9+;7-5-,8-6-;. The lowest BCUT2D eigenvalue weighted by molar-refractivity contribution is 1.14. The first-order valence-corrected chi connectivity index (χ1v) is 9.96. The van der Waals surface area contributed by atoms with E-state index in [2.05, 4.69) is 69.5 Å². The monoisotopic (exact) mass is 384 g/mol. The molecule has 0 atom stereocenters. The third-order valence-corrected chi connectivity index (χ3v) is 3.70. The largest absolute Gasteiger partial charge is 0.0991 e. The van der Waals surface area contributed by atoms with E-state index in [4.69, 9.17) is 0 Å². The van der Waals surface area contributed by atoms with Gasteiger partial charge in [-0.25, -0.2) is 0 Å². The van der Waals surface area contributed by atoms with E-state index in [-0.39, 0.29) is 0 Å². The molecule has 2 rings (SSSR count). The third-order valence-electron chi connectivity index (χ3n) is 3.70. The van der Waals surface area contributed by atoms with Crippen molar-refractivity contribution in [1.29, 1.82) is 0 Å². The maximum absolute atomic E-state index is 3.63. The molecule has 0 saturated heterocycles. The first-order chi connectivity index (χ1) is 14.0. The van der Waals surface area contributed by atoms with E-state index in [9.17, 15) is 0 Å². The van der Waals surface area contributed by atoms with Crippen molar-refractivity contribution in [3.63, 3.8) is 0 Å². The van der Waals surface area contributed by atoms with E-state index in [1.165, 1.54) is 22.3 Å². The summed E-state index contributed by atoms with van der Waals surface area (Å²) in [6, 6.07) is 20.7. The Balaban J connectivity index is 0.000000444. The molecule has 0 unspecified atom stereocenters. The molecule has 0 amide bonds. The number of benzene rings is 2.